The van der Waals surface area contributed by atoms with Crippen LogP contribution in [0.2, 0.25) is 0 Å². The molecule has 2 aromatic carbocycles. The highest BCUT2D eigenvalue weighted by Gasteiger charge is 2.31. The van der Waals surface area contributed by atoms with Gasteiger partial charge in [0, 0.05) is 17.0 Å². The number of hydrogen-bond acceptors (Lipinski definition) is 2. The lowest BCUT2D eigenvalue weighted by Crippen LogP contribution is -2.16. The topological polar surface area (TPSA) is 46.9 Å². The summed E-state index contributed by atoms with van der Waals surface area (Å²) in [5, 5.41) is 7.04. The predicted octanol–water partition coefficient (Wildman–Crippen LogP) is 5.58. The Morgan fingerprint density at radius 2 is 1.69 bits per heavy atom. The lowest BCUT2D eigenvalue weighted by Gasteiger charge is -2.14. The molecule has 0 aliphatic rings. The van der Waals surface area contributed by atoms with E-state index in [1.54, 1.807) is 12.1 Å². The van der Waals surface area contributed by atoms with Crippen LogP contribution in [0.1, 0.15) is 42.4 Å². The first-order chi connectivity index (χ1) is 13.4. The van der Waals surface area contributed by atoms with Crippen molar-refractivity contribution >= 4 is 11.7 Å². The Morgan fingerprint density at radius 1 is 1.00 bits per heavy atom. The van der Waals surface area contributed by atoms with Gasteiger partial charge in [0.05, 0.1) is 16.9 Å². The molecule has 29 heavy (non-hydrogen) atoms. The monoisotopic (exact) mass is 405 g/mol. The molecule has 1 heterocycles. The van der Waals surface area contributed by atoms with Gasteiger partial charge in [0.25, 0.3) is 5.91 Å². The van der Waals surface area contributed by atoms with Gasteiger partial charge in [-0.2, -0.15) is 18.3 Å². The molecule has 152 valence electrons. The molecule has 0 saturated carbocycles. The van der Waals surface area contributed by atoms with Crippen LogP contribution in [-0.4, -0.2) is 15.7 Å². The van der Waals surface area contributed by atoms with Gasteiger partial charge >= 0.3 is 6.18 Å². The summed E-state index contributed by atoms with van der Waals surface area (Å²) < 4.78 is 53.8. The minimum Gasteiger partial charge on any atom is -0.306 e. The number of aromatic nitrogens is 2. The minimum atomic E-state index is -4.56. The summed E-state index contributed by atoms with van der Waals surface area (Å²) in [7, 11) is 0. The fourth-order valence-electron chi connectivity index (χ4n) is 2.67. The van der Waals surface area contributed by atoms with Gasteiger partial charge in [0.15, 0.2) is 0 Å². The van der Waals surface area contributed by atoms with Crippen molar-refractivity contribution in [3.63, 3.8) is 0 Å². The molecule has 1 amide bonds. The molecule has 3 aromatic rings. The van der Waals surface area contributed by atoms with Crippen LogP contribution in [0.3, 0.4) is 0 Å². The van der Waals surface area contributed by atoms with E-state index in [1.807, 2.05) is 20.8 Å². The van der Waals surface area contributed by atoms with Crippen LogP contribution in [0.5, 0.6) is 0 Å². The summed E-state index contributed by atoms with van der Waals surface area (Å²) in [5.74, 6) is -0.984. The average Bonchev–Trinajstić information content (AvgIpc) is 3.05. The van der Waals surface area contributed by atoms with Crippen molar-refractivity contribution in [3.05, 3.63) is 77.2 Å². The van der Waals surface area contributed by atoms with Gasteiger partial charge in [-0.25, -0.2) is 9.07 Å². The van der Waals surface area contributed by atoms with Crippen molar-refractivity contribution in [1.82, 2.24) is 9.78 Å². The molecule has 0 bridgehead atoms. The second-order valence-electron chi connectivity index (χ2n) is 7.59. The van der Waals surface area contributed by atoms with E-state index in [9.17, 15) is 22.4 Å². The Balaban J connectivity index is 2.00. The van der Waals surface area contributed by atoms with Crippen LogP contribution in [0, 0.1) is 5.82 Å². The maximum absolute atomic E-state index is 13.7. The first-order valence-corrected chi connectivity index (χ1v) is 8.80. The summed E-state index contributed by atoms with van der Waals surface area (Å²) in [6.07, 6.45) is -4.56. The highest BCUT2D eigenvalue weighted by atomic mass is 19.4. The summed E-state index contributed by atoms with van der Waals surface area (Å²) in [5.41, 5.74) is -0.432. The second kappa shape index (κ2) is 7.35. The number of nitrogens with one attached hydrogen (secondary N) is 1. The summed E-state index contributed by atoms with van der Waals surface area (Å²) in [4.78, 5) is 12.6. The molecule has 1 N–H and O–H groups in total. The number of anilines is 1. The van der Waals surface area contributed by atoms with E-state index in [0.717, 1.165) is 12.1 Å². The first-order valence-electron chi connectivity index (χ1n) is 8.80. The van der Waals surface area contributed by atoms with Crippen LogP contribution in [0.25, 0.3) is 5.69 Å². The first kappa shape index (κ1) is 20.6. The van der Waals surface area contributed by atoms with E-state index in [1.165, 1.54) is 35.0 Å². The molecule has 3 rings (SSSR count). The largest absolute Gasteiger partial charge is 0.416 e. The number of benzene rings is 2. The number of hydrogen-bond donors (Lipinski definition) is 1. The number of alkyl halides is 3. The van der Waals surface area contributed by atoms with Crippen molar-refractivity contribution in [3.8, 4) is 5.69 Å². The fraction of sp³-hybridized carbons (Fsp3) is 0.238. The number of nitrogens with zero attached hydrogens (tertiary/aromatic N) is 2. The number of carbonyl (C=O) groups is 1. The summed E-state index contributed by atoms with van der Waals surface area (Å²) in [6.45, 7) is 5.76. The minimum absolute atomic E-state index is 0.149. The molecular weight excluding hydrogens is 386 g/mol. The zero-order valence-electron chi connectivity index (χ0n) is 16.0. The molecule has 0 unspecified atom stereocenters. The summed E-state index contributed by atoms with van der Waals surface area (Å²) >= 11 is 0. The Bertz CT molecular complexity index is 1050. The average molecular weight is 405 g/mol. The van der Waals surface area contributed by atoms with Gasteiger partial charge in [-0.15, -0.1) is 0 Å². The predicted molar refractivity (Wildman–Crippen MR) is 102 cm³/mol. The molecule has 0 fully saturated rings. The molecule has 0 saturated heterocycles. The number of rotatable bonds is 3. The van der Waals surface area contributed by atoms with Crippen LogP contribution in [-0.2, 0) is 11.6 Å². The molecule has 0 spiro atoms. The summed E-state index contributed by atoms with van der Waals surface area (Å²) in [6, 6.07) is 11.4. The van der Waals surface area contributed by atoms with E-state index in [4.69, 9.17) is 0 Å². The van der Waals surface area contributed by atoms with Crippen LogP contribution in [0.15, 0.2) is 54.6 Å². The standard InChI is InChI=1S/C21H19F4N3O/c1-20(2,3)17-12-18(28(27-17)16-9-5-8-15(22)11-16)26-19(29)13-6-4-7-14(10-13)21(23,24)25/h4-12H,1-3H3,(H,26,29). The van der Waals surface area contributed by atoms with Gasteiger partial charge < -0.3 is 5.32 Å². The lowest BCUT2D eigenvalue weighted by atomic mass is 9.92. The van der Waals surface area contributed by atoms with Crippen LogP contribution >= 0.6 is 0 Å². The molecule has 0 radical (unpaired) electrons. The third kappa shape index (κ3) is 4.64. The normalized spacial score (nSPS) is 12.1. The van der Waals surface area contributed by atoms with Crippen molar-refractivity contribution in [1.29, 1.82) is 0 Å². The smallest absolute Gasteiger partial charge is 0.306 e. The van der Waals surface area contributed by atoms with Crippen molar-refractivity contribution in [2.75, 3.05) is 5.32 Å². The van der Waals surface area contributed by atoms with E-state index < -0.39 is 23.5 Å². The molecule has 0 aliphatic carbocycles. The molecule has 1 aromatic heterocycles. The van der Waals surface area contributed by atoms with Crippen molar-refractivity contribution in [2.45, 2.75) is 32.4 Å². The second-order valence-corrected chi connectivity index (χ2v) is 7.59. The van der Waals surface area contributed by atoms with E-state index >= 15 is 0 Å². The highest BCUT2D eigenvalue weighted by Crippen LogP contribution is 2.30. The van der Waals surface area contributed by atoms with E-state index in [0.29, 0.717) is 11.4 Å². The van der Waals surface area contributed by atoms with Crippen LogP contribution < -0.4 is 5.32 Å². The number of halogens is 4. The van der Waals surface area contributed by atoms with Gasteiger partial charge in [-0.1, -0.05) is 32.9 Å². The molecule has 0 aliphatic heterocycles. The lowest BCUT2D eigenvalue weighted by molar-refractivity contribution is -0.137. The third-order valence-corrected chi connectivity index (χ3v) is 4.22. The number of amides is 1. The zero-order valence-corrected chi connectivity index (χ0v) is 16.0. The molecule has 0 atom stereocenters. The quantitative estimate of drug-likeness (QED) is 0.578. The maximum Gasteiger partial charge on any atom is 0.416 e. The SMILES string of the molecule is CC(C)(C)c1cc(NC(=O)c2cccc(C(F)(F)F)c2)n(-c2cccc(F)c2)n1. The van der Waals surface area contributed by atoms with Gasteiger partial charge in [-0.3, -0.25) is 4.79 Å². The van der Waals surface area contributed by atoms with Crippen molar-refractivity contribution in [2.24, 2.45) is 0 Å². The number of carbonyl (C=O) groups excluding carboxylic acids is 1. The Morgan fingerprint density at radius 3 is 2.31 bits per heavy atom. The third-order valence-electron chi connectivity index (χ3n) is 4.22. The highest BCUT2D eigenvalue weighted by molar-refractivity contribution is 6.04. The van der Waals surface area contributed by atoms with E-state index in [-0.39, 0.29) is 16.8 Å². The molecule has 4 nitrogen and oxygen atoms in total. The molecule has 8 heteroatoms. The van der Waals surface area contributed by atoms with E-state index in [2.05, 4.69) is 10.4 Å². The Labute approximate surface area is 165 Å². The Hall–Kier alpha value is -3.16. The fourth-order valence-corrected chi connectivity index (χ4v) is 2.67. The van der Waals surface area contributed by atoms with Crippen LogP contribution in [0.4, 0.5) is 23.4 Å². The zero-order chi connectivity index (χ0) is 21.4. The van der Waals surface area contributed by atoms with Gasteiger partial charge in [0.2, 0.25) is 0 Å². The van der Waals surface area contributed by atoms with Crippen molar-refractivity contribution < 1.29 is 22.4 Å². The maximum atomic E-state index is 13.7. The molecular formula is C21H19F4N3O. The van der Waals surface area contributed by atoms with Gasteiger partial charge in [-0.05, 0) is 36.4 Å². The van der Waals surface area contributed by atoms with Gasteiger partial charge in [0.1, 0.15) is 11.6 Å². The Kier molecular flexibility index (Phi) is 5.21.